The highest BCUT2D eigenvalue weighted by molar-refractivity contribution is 7.12. The van der Waals surface area contributed by atoms with Crippen LogP contribution in [0.2, 0.25) is 0 Å². The van der Waals surface area contributed by atoms with Crippen molar-refractivity contribution in [2.24, 2.45) is 0 Å². The topological polar surface area (TPSA) is 77.2 Å². The number of halogens is 3. The molecule has 2 aromatic carbocycles. The molecule has 0 aliphatic heterocycles. The number of aromatic nitrogens is 3. The standard InChI is InChI=1S/C23H20F3N3O3S/c1-12(2)21-19(13-5-4-6-15(9-13)32-3)27-18(33-21)11-29-17-8-7-14(23(24,25)26)10-16(17)20(28-29)22(30)31/h4-10,12H,11H2,1-3H3,(H,30,31). The van der Waals surface area contributed by atoms with E-state index in [1.54, 1.807) is 7.11 Å². The van der Waals surface area contributed by atoms with Crippen molar-refractivity contribution in [1.82, 2.24) is 14.8 Å². The number of fused-ring (bicyclic) bond motifs is 1. The Morgan fingerprint density at radius 3 is 2.61 bits per heavy atom. The normalized spacial score (nSPS) is 12.0. The summed E-state index contributed by atoms with van der Waals surface area (Å²) in [4.78, 5) is 17.5. The Labute approximate surface area is 191 Å². The van der Waals surface area contributed by atoms with Crippen molar-refractivity contribution in [2.45, 2.75) is 32.5 Å². The third-order valence-electron chi connectivity index (χ3n) is 5.13. The maximum Gasteiger partial charge on any atom is 0.416 e. The lowest BCUT2D eigenvalue weighted by atomic mass is 10.1. The first-order valence-electron chi connectivity index (χ1n) is 10.0. The van der Waals surface area contributed by atoms with Crippen LogP contribution in [-0.2, 0) is 12.7 Å². The van der Waals surface area contributed by atoms with Gasteiger partial charge < -0.3 is 9.84 Å². The first-order valence-corrected chi connectivity index (χ1v) is 10.8. The van der Waals surface area contributed by atoms with Crippen LogP contribution in [0.4, 0.5) is 13.2 Å². The summed E-state index contributed by atoms with van der Waals surface area (Å²) in [6, 6.07) is 10.5. The van der Waals surface area contributed by atoms with Gasteiger partial charge >= 0.3 is 12.1 Å². The van der Waals surface area contributed by atoms with E-state index in [9.17, 15) is 23.1 Å². The quantitative estimate of drug-likeness (QED) is 0.367. The van der Waals surface area contributed by atoms with Crippen LogP contribution < -0.4 is 4.74 Å². The maximum atomic E-state index is 13.1. The number of rotatable bonds is 6. The van der Waals surface area contributed by atoms with E-state index in [4.69, 9.17) is 9.72 Å². The molecule has 0 unspecified atom stereocenters. The Bertz CT molecular complexity index is 1340. The van der Waals surface area contributed by atoms with E-state index >= 15 is 0 Å². The van der Waals surface area contributed by atoms with Crippen LogP contribution in [0, 0.1) is 0 Å². The van der Waals surface area contributed by atoms with Crippen molar-refractivity contribution in [1.29, 1.82) is 0 Å². The molecule has 0 radical (unpaired) electrons. The van der Waals surface area contributed by atoms with Gasteiger partial charge in [0, 0.05) is 15.8 Å². The van der Waals surface area contributed by atoms with Gasteiger partial charge in [-0.15, -0.1) is 11.3 Å². The molecular weight excluding hydrogens is 455 g/mol. The summed E-state index contributed by atoms with van der Waals surface area (Å²) in [5.74, 6) is -0.519. The number of nitrogens with zero attached hydrogens (tertiary/aromatic N) is 3. The lowest BCUT2D eigenvalue weighted by Gasteiger charge is -2.07. The van der Waals surface area contributed by atoms with Gasteiger partial charge in [-0.25, -0.2) is 9.78 Å². The molecule has 2 heterocycles. The number of benzene rings is 2. The molecule has 2 aromatic heterocycles. The number of hydrogen-bond donors (Lipinski definition) is 1. The molecular formula is C23H20F3N3O3S. The van der Waals surface area contributed by atoms with Crippen LogP contribution in [0.5, 0.6) is 5.75 Å². The molecule has 0 amide bonds. The highest BCUT2D eigenvalue weighted by Gasteiger charge is 2.32. The van der Waals surface area contributed by atoms with Gasteiger partial charge in [-0.3, -0.25) is 4.68 Å². The highest BCUT2D eigenvalue weighted by atomic mass is 32.1. The smallest absolute Gasteiger partial charge is 0.416 e. The summed E-state index contributed by atoms with van der Waals surface area (Å²) in [5.41, 5.74) is 0.619. The molecule has 10 heteroatoms. The second-order valence-corrected chi connectivity index (χ2v) is 8.86. The summed E-state index contributed by atoms with van der Waals surface area (Å²) in [6.45, 7) is 4.22. The molecule has 0 aliphatic rings. The van der Waals surface area contributed by atoms with Crippen LogP contribution in [-0.4, -0.2) is 33.0 Å². The Morgan fingerprint density at radius 1 is 1.21 bits per heavy atom. The molecule has 0 saturated carbocycles. The summed E-state index contributed by atoms with van der Waals surface area (Å²) in [5, 5.41) is 14.2. The minimum absolute atomic E-state index is 0.0639. The molecule has 172 valence electrons. The van der Waals surface area contributed by atoms with Gasteiger partial charge in [0.25, 0.3) is 0 Å². The van der Waals surface area contributed by atoms with Gasteiger partial charge in [0.1, 0.15) is 10.8 Å². The fourth-order valence-electron chi connectivity index (χ4n) is 3.58. The Kier molecular flexibility index (Phi) is 5.87. The zero-order valence-corrected chi connectivity index (χ0v) is 18.8. The minimum atomic E-state index is -4.58. The van der Waals surface area contributed by atoms with Crippen LogP contribution in [0.1, 0.15) is 45.7 Å². The number of hydrogen-bond acceptors (Lipinski definition) is 5. The molecule has 0 fully saturated rings. The van der Waals surface area contributed by atoms with E-state index in [2.05, 4.69) is 5.10 Å². The average Bonchev–Trinajstić information content (AvgIpc) is 3.35. The number of carbonyl (C=O) groups is 1. The van der Waals surface area contributed by atoms with Crippen LogP contribution in [0.3, 0.4) is 0 Å². The van der Waals surface area contributed by atoms with E-state index in [-0.39, 0.29) is 17.8 Å². The van der Waals surface area contributed by atoms with E-state index in [1.165, 1.54) is 22.1 Å². The number of carboxylic acids is 1. The number of alkyl halides is 3. The van der Waals surface area contributed by atoms with Crippen LogP contribution >= 0.6 is 11.3 Å². The van der Waals surface area contributed by atoms with Crippen molar-refractivity contribution >= 4 is 28.2 Å². The number of thiazole rings is 1. The van der Waals surface area contributed by atoms with Crippen LogP contribution in [0.15, 0.2) is 42.5 Å². The number of aromatic carboxylic acids is 1. The number of methoxy groups -OCH3 is 1. The summed E-state index contributed by atoms with van der Waals surface area (Å²) in [6.07, 6.45) is -4.58. The van der Waals surface area contributed by atoms with E-state index in [0.29, 0.717) is 16.3 Å². The predicted molar refractivity (Wildman–Crippen MR) is 119 cm³/mol. The third kappa shape index (κ3) is 4.43. The van der Waals surface area contributed by atoms with Crippen molar-refractivity contribution in [2.75, 3.05) is 7.11 Å². The molecule has 0 atom stereocenters. The second-order valence-electron chi connectivity index (χ2n) is 7.75. The van der Waals surface area contributed by atoms with Gasteiger partial charge in [-0.1, -0.05) is 26.0 Å². The number of ether oxygens (including phenoxy) is 1. The Hall–Kier alpha value is -3.40. The first-order chi connectivity index (χ1) is 15.6. The Balaban J connectivity index is 1.79. The second kappa shape index (κ2) is 8.51. The molecule has 0 saturated heterocycles. The lowest BCUT2D eigenvalue weighted by molar-refractivity contribution is -0.137. The maximum absolute atomic E-state index is 13.1. The van der Waals surface area contributed by atoms with Gasteiger partial charge in [-0.05, 0) is 36.2 Å². The summed E-state index contributed by atoms with van der Waals surface area (Å²) in [7, 11) is 1.59. The molecule has 4 rings (SSSR count). The summed E-state index contributed by atoms with van der Waals surface area (Å²) >= 11 is 1.46. The van der Waals surface area contributed by atoms with Gasteiger partial charge in [0.15, 0.2) is 5.69 Å². The lowest BCUT2D eigenvalue weighted by Crippen LogP contribution is -2.05. The van der Waals surface area contributed by atoms with Crippen molar-refractivity contribution in [3.05, 3.63) is 63.6 Å². The molecule has 4 aromatic rings. The van der Waals surface area contributed by atoms with Gasteiger partial charge in [0.2, 0.25) is 0 Å². The first kappa shape index (κ1) is 22.8. The van der Waals surface area contributed by atoms with Crippen molar-refractivity contribution < 1.29 is 27.8 Å². The average molecular weight is 475 g/mol. The van der Waals surface area contributed by atoms with E-state index in [0.717, 1.165) is 28.3 Å². The third-order valence-corrected chi connectivity index (χ3v) is 6.47. The van der Waals surface area contributed by atoms with E-state index < -0.39 is 23.4 Å². The molecule has 0 spiro atoms. The monoisotopic (exact) mass is 475 g/mol. The molecule has 1 N–H and O–H groups in total. The van der Waals surface area contributed by atoms with Crippen LogP contribution in [0.25, 0.3) is 22.2 Å². The SMILES string of the molecule is COc1cccc(-c2nc(Cn3nc(C(=O)O)c4cc(C(F)(F)F)ccc43)sc2C(C)C)c1. The van der Waals surface area contributed by atoms with Crippen molar-refractivity contribution in [3.8, 4) is 17.0 Å². The summed E-state index contributed by atoms with van der Waals surface area (Å²) < 4.78 is 46.1. The highest BCUT2D eigenvalue weighted by Crippen LogP contribution is 2.36. The van der Waals surface area contributed by atoms with Gasteiger partial charge in [-0.2, -0.15) is 18.3 Å². The van der Waals surface area contributed by atoms with Crippen molar-refractivity contribution in [3.63, 3.8) is 0 Å². The largest absolute Gasteiger partial charge is 0.497 e. The van der Waals surface area contributed by atoms with E-state index in [1.807, 2.05) is 38.1 Å². The molecule has 0 aliphatic carbocycles. The fraction of sp³-hybridized carbons (Fsp3) is 0.261. The predicted octanol–water partition coefficient (Wildman–Crippen LogP) is 6.06. The van der Waals surface area contributed by atoms with Gasteiger partial charge in [0.05, 0.1) is 30.4 Å². The molecule has 0 bridgehead atoms. The molecule has 6 nitrogen and oxygen atoms in total. The fourth-order valence-corrected chi connectivity index (χ4v) is 4.65. The zero-order chi connectivity index (χ0) is 23.9. The number of carboxylic acid groups (broad SMARTS) is 1. The Morgan fingerprint density at radius 2 is 1.97 bits per heavy atom. The minimum Gasteiger partial charge on any atom is -0.497 e. The molecule has 33 heavy (non-hydrogen) atoms. The zero-order valence-electron chi connectivity index (χ0n) is 18.0.